The molecule has 0 amide bonds. The number of aliphatic carboxylic acids is 1. The van der Waals surface area contributed by atoms with E-state index in [0.717, 1.165) is 6.42 Å². The van der Waals surface area contributed by atoms with Crippen LogP contribution in [0.5, 0.6) is 0 Å². The first-order valence-corrected chi connectivity index (χ1v) is 6.38. The van der Waals surface area contributed by atoms with Crippen LogP contribution in [0.3, 0.4) is 0 Å². The average molecular weight is 247 g/mol. The van der Waals surface area contributed by atoms with E-state index < -0.39 is 5.97 Å². The van der Waals surface area contributed by atoms with Gasteiger partial charge in [-0.3, -0.25) is 4.79 Å². The maximum Gasteiger partial charge on any atom is 0.306 e. The van der Waals surface area contributed by atoms with Gasteiger partial charge in [-0.15, -0.1) is 0 Å². The molecular formula is C15H21NO2. The largest absolute Gasteiger partial charge is 0.481 e. The smallest absolute Gasteiger partial charge is 0.306 e. The molecule has 98 valence electrons. The normalized spacial score (nSPS) is 24.1. The number of hydrogen-bond donors (Lipinski definition) is 1. The van der Waals surface area contributed by atoms with Crippen LogP contribution in [0, 0.1) is 25.7 Å². The van der Waals surface area contributed by atoms with Gasteiger partial charge in [0.25, 0.3) is 0 Å². The number of aryl methyl sites for hydroxylation is 2. The maximum atomic E-state index is 11.1. The van der Waals surface area contributed by atoms with E-state index in [2.05, 4.69) is 36.9 Å². The Morgan fingerprint density at radius 2 is 2.06 bits per heavy atom. The second-order valence-corrected chi connectivity index (χ2v) is 5.61. The molecule has 1 aromatic carbocycles. The number of hydrogen-bond acceptors (Lipinski definition) is 2. The minimum absolute atomic E-state index is 0.169. The SMILES string of the molecule is Cc1ccc(C)c(C(C2CC2C(=O)O)N(C)C)c1. The van der Waals surface area contributed by atoms with Gasteiger partial charge in [-0.2, -0.15) is 0 Å². The van der Waals surface area contributed by atoms with Gasteiger partial charge >= 0.3 is 5.97 Å². The third kappa shape index (κ3) is 2.41. The van der Waals surface area contributed by atoms with Crippen LogP contribution in [-0.2, 0) is 4.79 Å². The number of benzene rings is 1. The Morgan fingerprint density at radius 3 is 2.56 bits per heavy atom. The molecule has 0 saturated heterocycles. The lowest BCUT2D eigenvalue weighted by atomic mass is 9.94. The first-order chi connectivity index (χ1) is 8.41. The Hall–Kier alpha value is -1.35. The molecule has 0 aliphatic heterocycles. The highest BCUT2D eigenvalue weighted by Gasteiger charge is 2.49. The summed E-state index contributed by atoms with van der Waals surface area (Å²) in [6, 6.07) is 6.63. The molecule has 2 rings (SSSR count). The standard InChI is InChI=1S/C15H21NO2/c1-9-5-6-10(2)11(7-9)14(16(3)4)12-8-13(12)15(17)18/h5-7,12-14H,8H2,1-4H3,(H,17,18). The average Bonchev–Trinajstić information content (AvgIpc) is 3.03. The van der Waals surface area contributed by atoms with Crippen LogP contribution in [0.25, 0.3) is 0 Å². The third-order valence-corrected chi connectivity index (χ3v) is 3.87. The lowest BCUT2D eigenvalue weighted by Gasteiger charge is -2.27. The van der Waals surface area contributed by atoms with Gasteiger partial charge in [0.1, 0.15) is 0 Å². The molecule has 1 N–H and O–H groups in total. The molecule has 3 unspecified atom stereocenters. The van der Waals surface area contributed by atoms with E-state index in [0.29, 0.717) is 0 Å². The minimum Gasteiger partial charge on any atom is -0.481 e. The van der Waals surface area contributed by atoms with Crippen LogP contribution in [0.1, 0.15) is 29.2 Å². The van der Waals surface area contributed by atoms with Crippen molar-refractivity contribution >= 4 is 5.97 Å². The molecule has 0 radical (unpaired) electrons. The molecule has 3 heteroatoms. The van der Waals surface area contributed by atoms with E-state index in [1.807, 2.05) is 14.1 Å². The second kappa shape index (κ2) is 4.73. The van der Waals surface area contributed by atoms with Gasteiger partial charge in [-0.25, -0.2) is 0 Å². The van der Waals surface area contributed by atoms with Gasteiger partial charge in [0, 0.05) is 6.04 Å². The highest BCUT2D eigenvalue weighted by molar-refractivity contribution is 5.73. The fourth-order valence-corrected chi connectivity index (χ4v) is 2.82. The quantitative estimate of drug-likeness (QED) is 0.889. The van der Waals surface area contributed by atoms with E-state index in [9.17, 15) is 4.79 Å². The first-order valence-electron chi connectivity index (χ1n) is 6.38. The molecule has 3 atom stereocenters. The van der Waals surface area contributed by atoms with Gasteiger partial charge in [-0.1, -0.05) is 23.8 Å². The fraction of sp³-hybridized carbons (Fsp3) is 0.533. The van der Waals surface area contributed by atoms with Crippen LogP contribution in [-0.4, -0.2) is 30.1 Å². The Labute approximate surface area is 108 Å². The Kier molecular flexibility index (Phi) is 3.44. The Morgan fingerprint density at radius 1 is 1.39 bits per heavy atom. The van der Waals surface area contributed by atoms with Crippen molar-refractivity contribution in [1.82, 2.24) is 4.90 Å². The fourth-order valence-electron chi connectivity index (χ4n) is 2.82. The van der Waals surface area contributed by atoms with E-state index in [4.69, 9.17) is 5.11 Å². The summed E-state index contributed by atoms with van der Waals surface area (Å²) in [7, 11) is 4.06. The Balaban J connectivity index is 2.31. The van der Waals surface area contributed by atoms with Crippen molar-refractivity contribution < 1.29 is 9.90 Å². The van der Waals surface area contributed by atoms with E-state index in [1.54, 1.807) is 0 Å². The van der Waals surface area contributed by atoms with Gasteiger partial charge in [-0.05, 0) is 51.4 Å². The zero-order chi connectivity index (χ0) is 13.4. The van der Waals surface area contributed by atoms with E-state index in [-0.39, 0.29) is 17.9 Å². The maximum absolute atomic E-state index is 11.1. The summed E-state index contributed by atoms with van der Waals surface area (Å²) in [6.45, 7) is 4.18. The zero-order valence-electron chi connectivity index (χ0n) is 11.5. The highest BCUT2D eigenvalue weighted by Crippen LogP contribution is 2.50. The summed E-state index contributed by atoms with van der Waals surface area (Å²) in [4.78, 5) is 13.2. The van der Waals surface area contributed by atoms with E-state index in [1.165, 1.54) is 16.7 Å². The lowest BCUT2D eigenvalue weighted by Crippen LogP contribution is -2.24. The third-order valence-electron chi connectivity index (χ3n) is 3.87. The molecule has 0 spiro atoms. The monoisotopic (exact) mass is 247 g/mol. The van der Waals surface area contributed by atoms with Crippen molar-refractivity contribution in [3.63, 3.8) is 0 Å². The van der Waals surface area contributed by atoms with Crippen molar-refractivity contribution in [2.24, 2.45) is 11.8 Å². The van der Waals surface area contributed by atoms with Crippen molar-refractivity contribution in [2.45, 2.75) is 26.3 Å². The number of carbonyl (C=O) groups is 1. The summed E-state index contributed by atoms with van der Waals surface area (Å²) >= 11 is 0. The molecule has 1 saturated carbocycles. The molecule has 0 aromatic heterocycles. The van der Waals surface area contributed by atoms with Gasteiger partial charge < -0.3 is 10.0 Å². The highest BCUT2D eigenvalue weighted by atomic mass is 16.4. The number of carboxylic acid groups (broad SMARTS) is 1. The van der Waals surface area contributed by atoms with Crippen LogP contribution in [0.4, 0.5) is 0 Å². The van der Waals surface area contributed by atoms with Crippen molar-refractivity contribution in [3.05, 3.63) is 34.9 Å². The van der Waals surface area contributed by atoms with Crippen molar-refractivity contribution in [1.29, 1.82) is 0 Å². The van der Waals surface area contributed by atoms with Gasteiger partial charge in [0.05, 0.1) is 5.92 Å². The summed E-state index contributed by atoms with van der Waals surface area (Å²) < 4.78 is 0. The van der Waals surface area contributed by atoms with Crippen LogP contribution in [0.2, 0.25) is 0 Å². The topological polar surface area (TPSA) is 40.5 Å². The van der Waals surface area contributed by atoms with Crippen molar-refractivity contribution in [2.75, 3.05) is 14.1 Å². The molecular weight excluding hydrogens is 226 g/mol. The summed E-state index contributed by atoms with van der Waals surface area (Å²) in [5.74, 6) is -0.576. The summed E-state index contributed by atoms with van der Waals surface area (Å²) in [5.41, 5.74) is 3.75. The van der Waals surface area contributed by atoms with Gasteiger partial charge in [0.2, 0.25) is 0 Å². The summed E-state index contributed by atoms with van der Waals surface area (Å²) in [6.07, 6.45) is 0.797. The van der Waals surface area contributed by atoms with Crippen LogP contribution in [0.15, 0.2) is 18.2 Å². The Bertz CT molecular complexity index is 468. The summed E-state index contributed by atoms with van der Waals surface area (Å²) in [5, 5.41) is 9.11. The van der Waals surface area contributed by atoms with Gasteiger partial charge in [0.15, 0.2) is 0 Å². The predicted molar refractivity (Wildman–Crippen MR) is 71.6 cm³/mol. The van der Waals surface area contributed by atoms with Crippen LogP contribution >= 0.6 is 0 Å². The molecule has 0 heterocycles. The van der Waals surface area contributed by atoms with Crippen molar-refractivity contribution in [3.8, 4) is 0 Å². The van der Waals surface area contributed by atoms with Crippen LogP contribution < -0.4 is 0 Å². The molecule has 3 nitrogen and oxygen atoms in total. The molecule has 18 heavy (non-hydrogen) atoms. The zero-order valence-corrected chi connectivity index (χ0v) is 11.5. The molecule has 1 fully saturated rings. The molecule has 0 bridgehead atoms. The minimum atomic E-state index is -0.655. The molecule has 1 aliphatic carbocycles. The molecule has 1 aliphatic rings. The number of nitrogens with zero attached hydrogens (tertiary/aromatic N) is 1. The second-order valence-electron chi connectivity index (χ2n) is 5.61. The lowest BCUT2D eigenvalue weighted by molar-refractivity contribution is -0.139. The number of carboxylic acids is 1. The number of rotatable bonds is 4. The molecule has 1 aromatic rings. The predicted octanol–water partition coefficient (Wildman–Crippen LogP) is 2.63. The first kappa shape index (κ1) is 13.1. The van der Waals surface area contributed by atoms with E-state index >= 15 is 0 Å².